The van der Waals surface area contributed by atoms with Crippen molar-refractivity contribution >= 4 is 5.91 Å². The van der Waals surface area contributed by atoms with Crippen molar-refractivity contribution in [2.45, 2.75) is 38.5 Å². The van der Waals surface area contributed by atoms with Gasteiger partial charge in [-0.05, 0) is 51.7 Å². The third-order valence-corrected chi connectivity index (χ3v) is 4.39. The van der Waals surface area contributed by atoms with E-state index in [1.165, 1.54) is 38.5 Å². The highest BCUT2D eigenvalue weighted by Gasteiger charge is 2.19. The van der Waals surface area contributed by atoms with E-state index in [0.29, 0.717) is 12.5 Å². The highest BCUT2D eigenvalue weighted by molar-refractivity contribution is 5.78. The van der Waals surface area contributed by atoms with Gasteiger partial charge in [-0.3, -0.25) is 9.69 Å². The lowest BCUT2D eigenvalue weighted by Crippen LogP contribution is -2.42. The summed E-state index contributed by atoms with van der Waals surface area (Å²) < 4.78 is 0. The van der Waals surface area contributed by atoms with Crippen molar-refractivity contribution in [2.75, 3.05) is 46.3 Å². The summed E-state index contributed by atoms with van der Waals surface area (Å²) >= 11 is 0. The van der Waals surface area contributed by atoms with Gasteiger partial charge in [-0.15, -0.1) is 0 Å². The number of hydrogen-bond acceptors (Lipinski definition) is 3. The van der Waals surface area contributed by atoms with Gasteiger partial charge in [0.25, 0.3) is 0 Å². The molecule has 0 aromatic carbocycles. The zero-order valence-corrected chi connectivity index (χ0v) is 12.4. The van der Waals surface area contributed by atoms with Crippen LogP contribution >= 0.6 is 0 Å². The van der Waals surface area contributed by atoms with E-state index in [2.05, 4.69) is 22.2 Å². The number of carbonyl (C=O) groups excluding carboxylic acids is 1. The van der Waals surface area contributed by atoms with Crippen molar-refractivity contribution in [2.24, 2.45) is 5.92 Å². The Morgan fingerprint density at radius 2 is 1.79 bits per heavy atom. The average Bonchev–Trinajstić information content (AvgIpc) is 2.68. The lowest BCUT2D eigenvalue weighted by Gasteiger charge is -2.29. The van der Waals surface area contributed by atoms with Gasteiger partial charge in [-0.1, -0.05) is 12.8 Å². The standard InChI is InChI=1S/C15H29N3O/c1-17(12-14-6-8-16-9-7-14)13-15(19)18-10-4-2-3-5-11-18/h14,16H,2-13H2,1H3. The van der Waals surface area contributed by atoms with E-state index in [1.54, 1.807) is 0 Å². The number of amides is 1. The summed E-state index contributed by atoms with van der Waals surface area (Å²) in [5, 5.41) is 3.39. The fourth-order valence-corrected chi connectivity index (χ4v) is 3.22. The van der Waals surface area contributed by atoms with E-state index in [1.807, 2.05) is 0 Å². The topological polar surface area (TPSA) is 35.6 Å². The third kappa shape index (κ3) is 5.11. The molecule has 19 heavy (non-hydrogen) atoms. The molecule has 2 rings (SSSR count). The Balaban J connectivity index is 1.70. The molecule has 0 radical (unpaired) electrons. The SMILES string of the molecule is CN(CC(=O)N1CCCCCC1)CC1CCNCC1. The van der Waals surface area contributed by atoms with Crippen LogP contribution < -0.4 is 5.32 Å². The van der Waals surface area contributed by atoms with Crippen LogP contribution in [0.2, 0.25) is 0 Å². The Morgan fingerprint density at radius 3 is 2.42 bits per heavy atom. The number of carbonyl (C=O) groups is 1. The second kappa shape index (κ2) is 7.85. The van der Waals surface area contributed by atoms with E-state index in [0.717, 1.165) is 38.6 Å². The van der Waals surface area contributed by atoms with Crippen LogP contribution in [-0.4, -0.2) is 62.0 Å². The van der Waals surface area contributed by atoms with Crippen molar-refractivity contribution in [1.82, 2.24) is 15.1 Å². The van der Waals surface area contributed by atoms with Crippen molar-refractivity contribution in [3.8, 4) is 0 Å². The minimum absolute atomic E-state index is 0.332. The zero-order chi connectivity index (χ0) is 13.5. The van der Waals surface area contributed by atoms with Crippen molar-refractivity contribution in [3.05, 3.63) is 0 Å². The Kier molecular flexibility index (Phi) is 6.11. The van der Waals surface area contributed by atoms with Gasteiger partial charge in [0.2, 0.25) is 5.91 Å². The van der Waals surface area contributed by atoms with Gasteiger partial charge in [0.15, 0.2) is 0 Å². The molecule has 0 atom stereocenters. The summed E-state index contributed by atoms with van der Waals surface area (Å²) in [6, 6.07) is 0. The maximum absolute atomic E-state index is 12.3. The van der Waals surface area contributed by atoms with Crippen LogP contribution in [0.4, 0.5) is 0 Å². The van der Waals surface area contributed by atoms with Crippen molar-refractivity contribution in [1.29, 1.82) is 0 Å². The van der Waals surface area contributed by atoms with Gasteiger partial charge in [0.1, 0.15) is 0 Å². The molecule has 0 unspecified atom stereocenters. The Morgan fingerprint density at radius 1 is 1.16 bits per heavy atom. The summed E-state index contributed by atoms with van der Waals surface area (Å²) in [6.07, 6.45) is 7.45. The molecule has 0 bridgehead atoms. The van der Waals surface area contributed by atoms with E-state index in [9.17, 15) is 4.79 Å². The van der Waals surface area contributed by atoms with E-state index >= 15 is 0 Å². The highest BCUT2D eigenvalue weighted by atomic mass is 16.2. The number of hydrogen-bond donors (Lipinski definition) is 1. The van der Waals surface area contributed by atoms with Crippen molar-refractivity contribution in [3.63, 3.8) is 0 Å². The average molecular weight is 267 g/mol. The first-order valence-corrected chi connectivity index (χ1v) is 7.93. The van der Waals surface area contributed by atoms with Crippen LogP contribution in [0.5, 0.6) is 0 Å². The molecule has 2 heterocycles. The van der Waals surface area contributed by atoms with Crippen LogP contribution in [-0.2, 0) is 4.79 Å². The normalized spacial score (nSPS) is 22.5. The van der Waals surface area contributed by atoms with Crippen LogP contribution in [0.1, 0.15) is 38.5 Å². The molecule has 0 aromatic heterocycles. The Labute approximate surface area is 117 Å². The van der Waals surface area contributed by atoms with Gasteiger partial charge in [0, 0.05) is 19.6 Å². The quantitative estimate of drug-likeness (QED) is 0.834. The number of piperidine rings is 1. The van der Waals surface area contributed by atoms with Gasteiger partial charge in [-0.25, -0.2) is 0 Å². The molecule has 4 heteroatoms. The molecule has 1 N–H and O–H groups in total. The molecule has 0 aliphatic carbocycles. The Hall–Kier alpha value is -0.610. The molecule has 0 spiro atoms. The number of likely N-dealkylation sites (tertiary alicyclic amines) is 1. The van der Waals surface area contributed by atoms with Gasteiger partial charge >= 0.3 is 0 Å². The summed E-state index contributed by atoms with van der Waals surface area (Å²) in [6.45, 7) is 5.89. The smallest absolute Gasteiger partial charge is 0.236 e. The molecule has 1 amide bonds. The second-order valence-corrected chi connectivity index (χ2v) is 6.19. The predicted octanol–water partition coefficient (Wildman–Crippen LogP) is 1.32. The molecule has 0 aromatic rings. The van der Waals surface area contributed by atoms with Crippen LogP contribution in [0.3, 0.4) is 0 Å². The van der Waals surface area contributed by atoms with Crippen LogP contribution in [0.25, 0.3) is 0 Å². The van der Waals surface area contributed by atoms with E-state index < -0.39 is 0 Å². The van der Waals surface area contributed by atoms with Gasteiger partial charge in [-0.2, -0.15) is 0 Å². The van der Waals surface area contributed by atoms with Gasteiger partial charge < -0.3 is 10.2 Å². The van der Waals surface area contributed by atoms with Crippen LogP contribution in [0, 0.1) is 5.92 Å². The molecular weight excluding hydrogens is 238 g/mol. The molecule has 0 saturated carbocycles. The lowest BCUT2D eigenvalue weighted by atomic mass is 9.98. The lowest BCUT2D eigenvalue weighted by molar-refractivity contribution is -0.132. The van der Waals surface area contributed by atoms with E-state index in [-0.39, 0.29) is 0 Å². The maximum Gasteiger partial charge on any atom is 0.236 e. The molecule has 2 saturated heterocycles. The summed E-state index contributed by atoms with van der Waals surface area (Å²) in [5.41, 5.74) is 0. The first-order valence-electron chi connectivity index (χ1n) is 7.93. The fraction of sp³-hybridized carbons (Fsp3) is 0.933. The minimum Gasteiger partial charge on any atom is -0.342 e. The summed E-state index contributed by atoms with van der Waals surface area (Å²) in [4.78, 5) is 16.6. The third-order valence-electron chi connectivity index (χ3n) is 4.39. The molecule has 2 aliphatic rings. The van der Waals surface area contributed by atoms with E-state index in [4.69, 9.17) is 0 Å². The number of nitrogens with one attached hydrogen (secondary N) is 1. The maximum atomic E-state index is 12.3. The summed E-state index contributed by atoms with van der Waals surface area (Å²) in [7, 11) is 2.09. The molecular formula is C15H29N3O. The number of rotatable bonds is 4. The zero-order valence-electron chi connectivity index (χ0n) is 12.4. The molecule has 2 fully saturated rings. The fourth-order valence-electron chi connectivity index (χ4n) is 3.22. The first kappa shape index (κ1) is 14.8. The minimum atomic E-state index is 0.332. The van der Waals surface area contributed by atoms with Gasteiger partial charge in [0.05, 0.1) is 6.54 Å². The second-order valence-electron chi connectivity index (χ2n) is 6.19. The molecule has 4 nitrogen and oxygen atoms in total. The number of likely N-dealkylation sites (N-methyl/N-ethyl adjacent to an activating group) is 1. The Bertz CT molecular complexity index is 269. The predicted molar refractivity (Wildman–Crippen MR) is 78.1 cm³/mol. The highest BCUT2D eigenvalue weighted by Crippen LogP contribution is 2.13. The van der Waals surface area contributed by atoms with Crippen LogP contribution in [0.15, 0.2) is 0 Å². The monoisotopic (exact) mass is 267 g/mol. The first-order chi connectivity index (χ1) is 9.25. The van der Waals surface area contributed by atoms with Crippen molar-refractivity contribution < 1.29 is 4.79 Å². The largest absolute Gasteiger partial charge is 0.342 e. The molecule has 110 valence electrons. The molecule has 2 aliphatic heterocycles. The summed E-state index contributed by atoms with van der Waals surface area (Å²) in [5.74, 6) is 1.10. The number of nitrogens with zero attached hydrogens (tertiary/aromatic N) is 2.